The van der Waals surface area contributed by atoms with Gasteiger partial charge in [-0.05, 0) is 30.5 Å². The third-order valence-electron chi connectivity index (χ3n) is 3.13. The fourth-order valence-electron chi connectivity index (χ4n) is 1.69. The summed E-state index contributed by atoms with van der Waals surface area (Å²) in [7, 11) is 3.78. The van der Waals surface area contributed by atoms with E-state index in [-0.39, 0.29) is 18.5 Å². The number of benzene rings is 1. The summed E-state index contributed by atoms with van der Waals surface area (Å²) in [6, 6.07) is 7.64. The molecule has 5 heteroatoms. The summed E-state index contributed by atoms with van der Waals surface area (Å²) >= 11 is 0. The van der Waals surface area contributed by atoms with E-state index in [1.165, 1.54) is 9.80 Å². The second kappa shape index (κ2) is 10.1. The third kappa shape index (κ3) is 7.03. The molecule has 0 heterocycles. The minimum absolute atomic E-state index is 0. The maximum atomic E-state index is 11.7. The zero-order valence-corrected chi connectivity index (χ0v) is 13.6. The zero-order valence-electron chi connectivity index (χ0n) is 12.9. The van der Waals surface area contributed by atoms with Crippen LogP contribution in [-0.4, -0.2) is 44.7 Å². The molecule has 1 amide bonds. The van der Waals surface area contributed by atoms with Gasteiger partial charge in [0.1, 0.15) is 12.3 Å². The average Bonchev–Trinajstić information content (AvgIpc) is 2.45. The Morgan fingerprint density at radius 1 is 1.48 bits per heavy atom. The molecule has 0 fully saturated rings. The number of hydrogen-bond donors (Lipinski definition) is 1. The van der Waals surface area contributed by atoms with Gasteiger partial charge in [-0.3, -0.25) is 0 Å². The number of terminal acetylenes is 1. The lowest BCUT2D eigenvalue weighted by Crippen LogP contribution is -3.09. The van der Waals surface area contributed by atoms with Crippen molar-refractivity contribution in [1.82, 2.24) is 4.90 Å². The SMILES string of the molecule is C#CC[NH+](C)CCc1cccc(OC(=O)N(C)CC)c1.[Cl-]. The smallest absolute Gasteiger partial charge is 0.414 e. The van der Waals surface area contributed by atoms with Crippen molar-refractivity contribution in [3.05, 3.63) is 29.8 Å². The molecule has 1 unspecified atom stereocenters. The minimum Gasteiger partial charge on any atom is -1.00 e. The first kappa shape index (κ1) is 19.3. The molecule has 0 spiro atoms. The Morgan fingerprint density at radius 2 is 2.19 bits per heavy atom. The van der Waals surface area contributed by atoms with Gasteiger partial charge in [0.25, 0.3) is 0 Å². The molecule has 1 aromatic carbocycles. The van der Waals surface area contributed by atoms with E-state index in [9.17, 15) is 4.79 Å². The first-order chi connectivity index (χ1) is 9.56. The van der Waals surface area contributed by atoms with Crippen molar-refractivity contribution in [2.75, 3.05) is 33.7 Å². The number of amides is 1. The molecule has 1 N–H and O–H groups in total. The van der Waals surface area contributed by atoms with E-state index in [0.717, 1.165) is 25.1 Å². The van der Waals surface area contributed by atoms with Crippen LogP contribution in [0.15, 0.2) is 24.3 Å². The molecule has 0 saturated carbocycles. The lowest BCUT2D eigenvalue weighted by molar-refractivity contribution is -0.871. The summed E-state index contributed by atoms with van der Waals surface area (Å²) in [4.78, 5) is 14.5. The zero-order chi connectivity index (χ0) is 15.0. The van der Waals surface area contributed by atoms with Crippen molar-refractivity contribution in [2.24, 2.45) is 0 Å². The van der Waals surface area contributed by atoms with Crippen molar-refractivity contribution in [3.8, 4) is 18.1 Å². The first-order valence-corrected chi connectivity index (χ1v) is 6.83. The normalized spacial score (nSPS) is 11.0. The predicted molar refractivity (Wildman–Crippen MR) is 79.9 cm³/mol. The van der Waals surface area contributed by atoms with Crippen molar-refractivity contribution in [1.29, 1.82) is 0 Å². The fourth-order valence-corrected chi connectivity index (χ4v) is 1.69. The largest absolute Gasteiger partial charge is 1.00 e. The lowest BCUT2D eigenvalue weighted by Gasteiger charge is -2.15. The third-order valence-corrected chi connectivity index (χ3v) is 3.13. The number of carbonyl (C=O) groups excluding carboxylic acids is 1. The van der Waals surface area contributed by atoms with Crippen LogP contribution in [0.4, 0.5) is 4.79 Å². The molecule has 1 atom stereocenters. The number of hydrogen-bond acceptors (Lipinski definition) is 2. The van der Waals surface area contributed by atoms with Crippen LogP contribution in [-0.2, 0) is 6.42 Å². The van der Waals surface area contributed by atoms with Crippen molar-refractivity contribution >= 4 is 6.09 Å². The molecule has 4 nitrogen and oxygen atoms in total. The highest BCUT2D eigenvalue weighted by atomic mass is 35.5. The first-order valence-electron chi connectivity index (χ1n) is 6.83. The van der Waals surface area contributed by atoms with Gasteiger partial charge in [0.15, 0.2) is 0 Å². The van der Waals surface area contributed by atoms with Gasteiger partial charge in [-0.1, -0.05) is 12.1 Å². The molecule has 0 bridgehead atoms. The molecule has 1 aromatic rings. The second-order valence-electron chi connectivity index (χ2n) is 4.87. The number of carbonyl (C=O) groups is 1. The molecular weight excluding hydrogens is 288 g/mol. The summed E-state index contributed by atoms with van der Waals surface area (Å²) in [5, 5.41) is 0. The predicted octanol–water partition coefficient (Wildman–Crippen LogP) is -2.17. The van der Waals surface area contributed by atoms with E-state index < -0.39 is 0 Å². The summed E-state index contributed by atoms with van der Waals surface area (Å²) in [5.74, 6) is 3.23. The minimum atomic E-state index is -0.334. The highest BCUT2D eigenvalue weighted by molar-refractivity contribution is 5.70. The summed E-state index contributed by atoms with van der Waals surface area (Å²) < 4.78 is 5.31. The van der Waals surface area contributed by atoms with E-state index in [1.54, 1.807) is 13.1 Å². The van der Waals surface area contributed by atoms with Crippen LogP contribution in [0.25, 0.3) is 0 Å². The number of quaternary nitrogens is 1. The highest BCUT2D eigenvalue weighted by Crippen LogP contribution is 2.14. The highest BCUT2D eigenvalue weighted by Gasteiger charge is 2.09. The second-order valence-corrected chi connectivity index (χ2v) is 4.87. The maximum Gasteiger partial charge on any atom is 0.414 e. The molecule has 0 saturated heterocycles. The molecule has 0 aliphatic rings. The van der Waals surface area contributed by atoms with Gasteiger partial charge < -0.3 is 26.9 Å². The van der Waals surface area contributed by atoms with E-state index in [2.05, 4.69) is 13.0 Å². The fraction of sp³-hybridized carbons (Fsp3) is 0.438. The van der Waals surface area contributed by atoms with Gasteiger partial charge in [0, 0.05) is 20.0 Å². The standard InChI is InChI=1S/C16H22N2O2.ClH/c1-5-11-17(3)12-10-14-8-7-9-15(13-14)20-16(19)18(4)6-2;/h1,7-9,13H,6,10-12H2,2-4H3;1H. The van der Waals surface area contributed by atoms with Crippen molar-refractivity contribution < 1.29 is 26.8 Å². The Balaban J connectivity index is 0.00000400. The summed E-state index contributed by atoms with van der Waals surface area (Å²) in [5.41, 5.74) is 1.14. The average molecular weight is 311 g/mol. The Morgan fingerprint density at radius 3 is 2.81 bits per heavy atom. The van der Waals surface area contributed by atoms with Crippen LogP contribution in [0, 0.1) is 12.3 Å². The Bertz CT molecular complexity index is 485. The number of nitrogens with zero attached hydrogens (tertiary/aromatic N) is 1. The quantitative estimate of drug-likeness (QED) is 0.607. The van der Waals surface area contributed by atoms with Crippen LogP contribution in [0.3, 0.4) is 0 Å². The topological polar surface area (TPSA) is 34.0 Å². The van der Waals surface area contributed by atoms with Gasteiger partial charge in [0.2, 0.25) is 0 Å². The molecule has 1 rings (SSSR count). The van der Waals surface area contributed by atoms with E-state index >= 15 is 0 Å². The molecule has 0 aromatic heterocycles. The number of ether oxygens (including phenoxy) is 1. The van der Waals surface area contributed by atoms with Crippen LogP contribution in [0.5, 0.6) is 5.75 Å². The number of halogens is 1. The Labute approximate surface area is 133 Å². The van der Waals surface area contributed by atoms with Crippen LogP contribution in [0.2, 0.25) is 0 Å². The number of likely N-dealkylation sites (N-methyl/N-ethyl adjacent to an activating group) is 1. The molecule has 0 aliphatic carbocycles. The monoisotopic (exact) mass is 310 g/mol. The summed E-state index contributed by atoms with van der Waals surface area (Å²) in [6.07, 6.45) is 5.86. The number of nitrogens with one attached hydrogen (secondary N) is 1. The molecule has 21 heavy (non-hydrogen) atoms. The van der Waals surface area contributed by atoms with Gasteiger partial charge in [-0.25, -0.2) is 4.79 Å². The summed E-state index contributed by atoms with van der Waals surface area (Å²) in [6.45, 7) is 4.20. The van der Waals surface area contributed by atoms with Crippen molar-refractivity contribution in [2.45, 2.75) is 13.3 Å². The van der Waals surface area contributed by atoms with Crippen LogP contribution < -0.4 is 22.0 Å². The van der Waals surface area contributed by atoms with Crippen molar-refractivity contribution in [3.63, 3.8) is 0 Å². The maximum absolute atomic E-state index is 11.7. The molecule has 0 radical (unpaired) electrons. The van der Waals surface area contributed by atoms with E-state index in [4.69, 9.17) is 11.2 Å². The lowest BCUT2D eigenvalue weighted by atomic mass is 10.1. The molecular formula is C16H23ClN2O2. The van der Waals surface area contributed by atoms with Gasteiger partial charge in [0.05, 0.1) is 13.6 Å². The Hall–Kier alpha value is -1.70. The van der Waals surface area contributed by atoms with Crippen LogP contribution in [0.1, 0.15) is 12.5 Å². The molecule has 0 aliphatic heterocycles. The Kier molecular flexibility index (Phi) is 9.27. The molecule has 116 valence electrons. The van der Waals surface area contributed by atoms with Gasteiger partial charge in [-0.2, -0.15) is 0 Å². The van der Waals surface area contributed by atoms with Crippen LogP contribution >= 0.6 is 0 Å². The van der Waals surface area contributed by atoms with E-state index in [0.29, 0.717) is 12.3 Å². The van der Waals surface area contributed by atoms with E-state index in [1.807, 2.05) is 25.1 Å². The number of rotatable bonds is 6. The van der Waals surface area contributed by atoms with Gasteiger partial charge in [-0.15, -0.1) is 6.42 Å². The van der Waals surface area contributed by atoms with Gasteiger partial charge >= 0.3 is 6.09 Å².